The zero-order valence-corrected chi connectivity index (χ0v) is 35.6. The Kier molecular flexibility index (Phi) is 16.1. The van der Waals surface area contributed by atoms with Crippen molar-refractivity contribution in [1.82, 2.24) is 20.9 Å². The minimum atomic E-state index is -1.09. The van der Waals surface area contributed by atoms with Gasteiger partial charge in [-0.3, -0.25) is 24.4 Å². The molecule has 14 nitrogen and oxygen atoms in total. The van der Waals surface area contributed by atoms with Crippen LogP contribution in [0.5, 0.6) is 0 Å². The van der Waals surface area contributed by atoms with Gasteiger partial charge in [-0.25, -0.2) is 0 Å². The number of nitrogens with two attached hydrogens (primary N) is 5. The number of nitrogens with one attached hydrogen (secondary N) is 4. The van der Waals surface area contributed by atoms with Crippen LogP contribution in [0.25, 0.3) is 10.9 Å². The summed E-state index contributed by atoms with van der Waals surface area (Å²) in [6.45, 7) is 20.4. The van der Waals surface area contributed by atoms with Gasteiger partial charge in [0.2, 0.25) is 17.7 Å². The van der Waals surface area contributed by atoms with Gasteiger partial charge in [0.05, 0.1) is 6.04 Å². The fourth-order valence-corrected chi connectivity index (χ4v) is 6.71. The molecule has 0 spiro atoms. The molecule has 0 saturated heterocycles. The first-order chi connectivity index (χ1) is 26.5. The highest BCUT2D eigenvalue weighted by Crippen LogP contribution is 2.40. The number of amides is 3. The predicted molar refractivity (Wildman–Crippen MR) is 233 cm³/mol. The lowest BCUT2D eigenvalue weighted by atomic mass is 9.78. The van der Waals surface area contributed by atoms with E-state index in [4.69, 9.17) is 28.7 Å². The van der Waals surface area contributed by atoms with Crippen molar-refractivity contribution in [3.05, 3.63) is 70.4 Å². The molecule has 1 heterocycles. The molecule has 2 aromatic carbocycles. The summed E-state index contributed by atoms with van der Waals surface area (Å²) in [5.74, 6) is -1.47. The fourth-order valence-electron chi connectivity index (χ4n) is 6.71. The average Bonchev–Trinajstić information content (AvgIpc) is 3.48. The maximum absolute atomic E-state index is 14.6. The molecule has 14 heteroatoms. The van der Waals surface area contributed by atoms with Crippen molar-refractivity contribution in [2.24, 2.45) is 38.7 Å². The lowest BCUT2D eigenvalue weighted by Gasteiger charge is -2.27. The van der Waals surface area contributed by atoms with Crippen molar-refractivity contribution >= 4 is 40.5 Å². The highest BCUT2D eigenvalue weighted by atomic mass is 16.2. The largest absolute Gasteiger partial charge is 0.370 e. The van der Waals surface area contributed by atoms with E-state index in [1.54, 1.807) is 0 Å². The number of carbonyl (C=O) groups excluding carboxylic acids is 3. The molecule has 0 fully saturated rings. The summed E-state index contributed by atoms with van der Waals surface area (Å²) in [4.78, 5) is 53.9. The second-order valence-corrected chi connectivity index (χ2v) is 18.0. The van der Waals surface area contributed by atoms with Crippen molar-refractivity contribution < 1.29 is 14.4 Å². The van der Waals surface area contributed by atoms with Crippen molar-refractivity contribution in [3.63, 3.8) is 0 Å². The highest BCUT2D eigenvalue weighted by molar-refractivity contribution is 5.95. The molecule has 3 aromatic rings. The van der Waals surface area contributed by atoms with Gasteiger partial charge >= 0.3 is 0 Å². The Morgan fingerprint density at radius 1 is 0.719 bits per heavy atom. The van der Waals surface area contributed by atoms with Crippen LogP contribution in [0.3, 0.4) is 0 Å². The molecule has 0 aliphatic carbocycles. The third-order valence-corrected chi connectivity index (χ3v) is 9.92. The normalized spacial score (nSPS) is 13.6. The van der Waals surface area contributed by atoms with Gasteiger partial charge in [0, 0.05) is 48.1 Å². The minimum Gasteiger partial charge on any atom is -0.370 e. The lowest BCUT2D eigenvalue weighted by Crippen LogP contribution is -2.56. The molecule has 0 aliphatic rings. The van der Waals surface area contributed by atoms with E-state index in [-0.39, 0.29) is 53.5 Å². The highest BCUT2D eigenvalue weighted by Gasteiger charge is 2.34. The molecule has 1 aromatic heterocycles. The van der Waals surface area contributed by atoms with E-state index in [1.807, 2.05) is 30.3 Å². The van der Waals surface area contributed by atoms with E-state index in [9.17, 15) is 14.4 Å². The van der Waals surface area contributed by atoms with Gasteiger partial charge in [0.25, 0.3) is 0 Å². The minimum absolute atomic E-state index is 0.0423. The monoisotopic (exact) mass is 788 g/mol. The summed E-state index contributed by atoms with van der Waals surface area (Å²) in [5, 5.41) is 9.91. The number of hydrogen-bond acceptors (Lipinski definition) is 6. The number of guanidine groups is 2. The molecule has 0 aliphatic heterocycles. The van der Waals surface area contributed by atoms with Crippen molar-refractivity contribution in [3.8, 4) is 0 Å². The number of aliphatic imine (C=N–C) groups is 2. The molecule has 14 N–H and O–H groups in total. The van der Waals surface area contributed by atoms with E-state index in [1.165, 1.54) is 0 Å². The Morgan fingerprint density at radius 3 is 1.84 bits per heavy atom. The van der Waals surface area contributed by atoms with Gasteiger partial charge in [-0.2, -0.15) is 0 Å². The van der Waals surface area contributed by atoms with E-state index < -0.39 is 29.9 Å². The Hall–Kier alpha value is -5.11. The summed E-state index contributed by atoms with van der Waals surface area (Å²) >= 11 is 0. The third-order valence-electron chi connectivity index (χ3n) is 9.92. The van der Waals surface area contributed by atoms with Crippen LogP contribution >= 0.6 is 0 Å². The second kappa shape index (κ2) is 19.8. The first-order valence-electron chi connectivity index (χ1n) is 20.0. The van der Waals surface area contributed by atoms with Crippen LogP contribution in [0.15, 0.2) is 52.4 Å². The van der Waals surface area contributed by atoms with E-state index in [0.29, 0.717) is 38.8 Å². The lowest BCUT2D eigenvalue weighted by molar-refractivity contribution is -0.132. The van der Waals surface area contributed by atoms with E-state index in [0.717, 1.165) is 38.9 Å². The fraction of sp³-hybridized carbons (Fsp3) is 0.558. The predicted octanol–water partition coefficient (Wildman–Crippen LogP) is 3.37. The molecule has 3 rings (SSSR count). The summed E-state index contributed by atoms with van der Waals surface area (Å²) < 4.78 is 0. The maximum Gasteiger partial charge on any atom is 0.243 e. The first kappa shape index (κ1) is 46.3. The Bertz CT molecular complexity index is 1870. The summed E-state index contributed by atoms with van der Waals surface area (Å²) in [6, 6.07) is 11.3. The molecular formula is C43H69N11O3. The van der Waals surface area contributed by atoms with Gasteiger partial charge in [0.15, 0.2) is 11.9 Å². The molecular weight excluding hydrogens is 719 g/mol. The quantitative estimate of drug-likeness (QED) is 0.0523. The van der Waals surface area contributed by atoms with Crippen LogP contribution in [0.4, 0.5) is 0 Å². The Morgan fingerprint density at radius 2 is 1.30 bits per heavy atom. The summed E-state index contributed by atoms with van der Waals surface area (Å²) in [7, 11) is 0. The van der Waals surface area contributed by atoms with Gasteiger partial charge in [-0.15, -0.1) is 0 Å². The Balaban J connectivity index is 2.09. The number of aromatic amines is 1. The summed E-state index contributed by atoms with van der Waals surface area (Å²) in [5.41, 5.74) is 33.9. The molecule has 314 valence electrons. The zero-order valence-electron chi connectivity index (χ0n) is 35.6. The number of aromatic nitrogens is 1. The number of nitrogens with zero attached hydrogens (tertiary/aromatic N) is 2. The van der Waals surface area contributed by atoms with E-state index in [2.05, 4.69) is 105 Å². The number of rotatable bonds is 18. The van der Waals surface area contributed by atoms with E-state index >= 15 is 0 Å². The number of hydrogen-bond donors (Lipinski definition) is 9. The van der Waals surface area contributed by atoms with Crippen molar-refractivity contribution in [1.29, 1.82) is 0 Å². The van der Waals surface area contributed by atoms with Crippen LogP contribution in [0, 0.1) is 0 Å². The molecule has 3 atom stereocenters. The first-order valence-corrected chi connectivity index (χ1v) is 20.0. The number of H-pyrrole nitrogens is 1. The van der Waals surface area contributed by atoms with Gasteiger partial charge < -0.3 is 49.6 Å². The van der Waals surface area contributed by atoms with Gasteiger partial charge in [-0.05, 0) is 71.3 Å². The van der Waals surface area contributed by atoms with Crippen LogP contribution in [0.1, 0.15) is 116 Å². The topological polar surface area (TPSA) is 258 Å². The molecule has 57 heavy (non-hydrogen) atoms. The molecule has 0 radical (unpaired) electrons. The summed E-state index contributed by atoms with van der Waals surface area (Å²) in [6.07, 6.45) is 2.19. The number of fused-ring (bicyclic) bond motifs is 1. The number of benzene rings is 2. The second-order valence-electron chi connectivity index (χ2n) is 18.0. The molecule has 0 saturated carbocycles. The third kappa shape index (κ3) is 14.1. The average molecular weight is 788 g/mol. The smallest absolute Gasteiger partial charge is 0.243 e. The van der Waals surface area contributed by atoms with Crippen LogP contribution in [-0.4, -0.2) is 72.4 Å². The number of carbonyl (C=O) groups is 3. The van der Waals surface area contributed by atoms with Crippen LogP contribution < -0.4 is 44.6 Å². The Labute approximate surface area is 339 Å². The molecule has 0 bridgehead atoms. The molecule has 0 unspecified atom stereocenters. The maximum atomic E-state index is 14.6. The standard InChI is InChI=1S/C43H69N11O3/c1-41(2,3)27-23-28-29(35(43(7,8)9)54-34(28)30(24-27)42(4,5)6)25-33(53-36(55)31(44)17-13-20-50-39(45)46)38(57)52-32(18-14-21-51-40(47)48)37(56)49-22-19-26-15-11-10-12-16-26/h10-12,15-16,23-24,31-33,54H,13-14,17-22,25,44H2,1-9H3,(H,49,56)(H,52,57)(H,53,55)(H4,45,46,50)(H4,47,48,51)/t31-,32-,33-/m0/s1. The SMILES string of the molecule is CC(C)(C)c1cc(C(C)(C)C)c2[nH]c(C(C)(C)C)c(C[C@H](NC(=O)[C@@H](N)CCCN=C(N)N)C(=O)N[C@@H](CCCN=C(N)N)C(=O)NCCc3ccccc3)c2c1. The van der Waals surface area contributed by atoms with Gasteiger partial charge in [0.1, 0.15) is 12.1 Å². The van der Waals surface area contributed by atoms with Crippen molar-refractivity contribution in [2.75, 3.05) is 19.6 Å². The zero-order chi connectivity index (χ0) is 42.7. The van der Waals surface area contributed by atoms with Gasteiger partial charge in [-0.1, -0.05) is 98.7 Å². The van der Waals surface area contributed by atoms with Crippen LogP contribution in [-0.2, 0) is 43.5 Å². The molecule has 3 amide bonds. The van der Waals surface area contributed by atoms with Crippen LogP contribution in [0.2, 0.25) is 0 Å². The van der Waals surface area contributed by atoms with Crippen molar-refractivity contribution in [2.45, 2.75) is 135 Å².